The average Bonchev–Trinajstić information content (AvgIpc) is 2.75. The van der Waals surface area contributed by atoms with Crippen molar-refractivity contribution < 1.29 is 0 Å². The van der Waals surface area contributed by atoms with E-state index < -0.39 is 0 Å². The fourth-order valence-electron chi connectivity index (χ4n) is 2.52. The van der Waals surface area contributed by atoms with E-state index in [2.05, 4.69) is 10.3 Å². The fraction of sp³-hybridized carbons (Fsp3) is 0.538. The first-order valence-corrected chi connectivity index (χ1v) is 7.27. The number of pyridine rings is 1. The molecule has 0 aromatic carbocycles. The lowest BCUT2D eigenvalue weighted by Gasteiger charge is -2.22. The van der Waals surface area contributed by atoms with Crippen LogP contribution in [-0.2, 0) is 6.54 Å². The quantitative estimate of drug-likeness (QED) is 0.919. The Labute approximate surface area is 110 Å². The summed E-state index contributed by atoms with van der Waals surface area (Å²) in [6.07, 6.45) is 5.32. The highest BCUT2D eigenvalue weighted by Gasteiger charge is 2.14. The molecule has 3 rings (SSSR count). The van der Waals surface area contributed by atoms with Crippen molar-refractivity contribution in [1.29, 1.82) is 0 Å². The third-order valence-electron chi connectivity index (χ3n) is 3.62. The number of piperidine rings is 1. The van der Waals surface area contributed by atoms with Gasteiger partial charge in [0, 0.05) is 12.7 Å². The zero-order chi connectivity index (χ0) is 12.4. The summed E-state index contributed by atoms with van der Waals surface area (Å²) in [5, 5.41) is 4.13. The highest BCUT2D eigenvalue weighted by Crippen LogP contribution is 2.19. The molecule has 0 unspecified atom stereocenters. The molecule has 0 aliphatic carbocycles. The molecule has 0 bridgehead atoms. The standard InChI is InChI=1S/C13H17N3OS/c17-13-11-2-1-6-15-12(11)18-16(13)9-5-10-3-7-14-8-4-10/h1-2,6,10,14H,3-5,7-9H2. The van der Waals surface area contributed by atoms with Gasteiger partial charge in [-0.05, 0) is 61.9 Å². The van der Waals surface area contributed by atoms with Gasteiger partial charge < -0.3 is 5.32 Å². The predicted molar refractivity (Wildman–Crippen MR) is 74.1 cm³/mol. The Morgan fingerprint density at radius 3 is 3.06 bits per heavy atom. The van der Waals surface area contributed by atoms with Gasteiger partial charge in [-0.2, -0.15) is 0 Å². The number of hydrogen-bond acceptors (Lipinski definition) is 4. The first-order valence-electron chi connectivity index (χ1n) is 6.50. The lowest BCUT2D eigenvalue weighted by atomic mass is 9.95. The summed E-state index contributed by atoms with van der Waals surface area (Å²) in [5.74, 6) is 0.760. The lowest BCUT2D eigenvalue weighted by Crippen LogP contribution is -2.28. The van der Waals surface area contributed by atoms with Crippen LogP contribution in [0.3, 0.4) is 0 Å². The summed E-state index contributed by atoms with van der Waals surface area (Å²) in [4.78, 5) is 17.2. The highest BCUT2D eigenvalue weighted by molar-refractivity contribution is 7.13. The van der Waals surface area contributed by atoms with Crippen LogP contribution < -0.4 is 10.9 Å². The largest absolute Gasteiger partial charge is 0.317 e. The summed E-state index contributed by atoms with van der Waals surface area (Å²) in [6, 6.07) is 3.69. The zero-order valence-electron chi connectivity index (χ0n) is 10.3. The number of nitrogens with one attached hydrogen (secondary N) is 1. The topological polar surface area (TPSA) is 46.9 Å². The van der Waals surface area contributed by atoms with Gasteiger partial charge in [0.2, 0.25) is 0 Å². The van der Waals surface area contributed by atoms with Crippen molar-refractivity contribution in [2.45, 2.75) is 25.8 Å². The van der Waals surface area contributed by atoms with Gasteiger partial charge in [-0.3, -0.25) is 8.75 Å². The summed E-state index contributed by atoms with van der Waals surface area (Å²) in [6.45, 7) is 3.08. The van der Waals surface area contributed by atoms with Crippen LogP contribution in [0.1, 0.15) is 19.3 Å². The molecule has 3 heterocycles. The third-order valence-corrected chi connectivity index (χ3v) is 4.69. The average molecular weight is 263 g/mol. The van der Waals surface area contributed by atoms with E-state index in [1.807, 2.05) is 16.1 Å². The van der Waals surface area contributed by atoms with Crippen LogP contribution in [0.15, 0.2) is 23.1 Å². The van der Waals surface area contributed by atoms with Gasteiger partial charge in [-0.15, -0.1) is 0 Å². The molecule has 18 heavy (non-hydrogen) atoms. The van der Waals surface area contributed by atoms with Crippen LogP contribution in [0.4, 0.5) is 0 Å². The van der Waals surface area contributed by atoms with Gasteiger partial charge in [0.15, 0.2) is 0 Å². The number of nitrogens with zero attached hydrogens (tertiary/aromatic N) is 2. The smallest absolute Gasteiger partial charge is 0.270 e. The Morgan fingerprint density at radius 1 is 1.44 bits per heavy atom. The van der Waals surface area contributed by atoms with Crippen LogP contribution in [0.25, 0.3) is 10.2 Å². The normalized spacial score (nSPS) is 17.3. The molecule has 0 amide bonds. The van der Waals surface area contributed by atoms with Gasteiger partial charge in [-0.25, -0.2) is 4.98 Å². The molecule has 0 saturated carbocycles. The molecule has 1 saturated heterocycles. The van der Waals surface area contributed by atoms with Crippen molar-refractivity contribution in [2.24, 2.45) is 5.92 Å². The molecule has 5 heteroatoms. The van der Waals surface area contributed by atoms with Crippen molar-refractivity contribution in [3.05, 3.63) is 28.7 Å². The van der Waals surface area contributed by atoms with Gasteiger partial charge in [0.1, 0.15) is 4.83 Å². The molecule has 4 nitrogen and oxygen atoms in total. The van der Waals surface area contributed by atoms with Gasteiger partial charge in [0.25, 0.3) is 5.56 Å². The molecule has 1 fully saturated rings. The Kier molecular flexibility index (Phi) is 3.43. The number of hydrogen-bond donors (Lipinski definition) is 1. The Morgan fingerprint density at radius 2 is 2.28 bits per heavy atom. The van der Waals surface area contributed by atoms with E-state index >= 15 is 0 Å². The van der Waals surface area contributed by atoms with Gasteiger partial charge >= 0.3 is 0 Å². The van der Waals surface area contributed by atoms with E-state index in [-0.39, 0.29) is 5.56 Å². The molecular formula is C13H17N3OS. The highest BCUT2D eigenvalue weighted by atomic mass is 32.1. The Balaban J connectivity index is 1.74. The maximum Gasteiger partial charge on any atom is 0.270 e. The minimum atomic E-state index is 0.122. The maximum atomic E-state index is 12.1. The molecule has 1 N–H and O–H groups in total. The second-order valence-corrected chi connectivity index (χ2v) is 5.85. The lowest BCUT2D eigenvalue weighted by molar-refractivity contribution is 0.340. The van der Waals surface area contributed by atoms with Crippen molar-refractivity contribution in [1.82, 2.24) is 14.3 Å². The van der Waals surface area contributed by atoms with Crippen LogP contribution in [-0.4, -0.2) is 22.0 Å². The second-order valence-electron chi connectivity index (χ2n) is 4.84. The molecule has 1 aliphatic heterocycles. The fourth-order valence-corrected chi connectivity index (χ4v) is 3.47. The zero-order valence-corrected chi connectivity index (χ0v) is 11.1. The molecule has 1 aliphatic rings. The number of aryl methyl sites for hydroxylation is 1. The minimum absolute atomic E-state index is 0.122. The van der Waals surface area contributed by atoms with E-state index in [1.54, 1.807) is 6.20 Å². The first-order chi connectivity index (χ1) is 8.84. The van der Waals surface area contributed by atoms with Crippen LogP contribution in [0.5, 0.6) is 0 Å². The van der Waals surface area contributed by atoms with E-state index in [1.165, 1.54) is 24.4 Å². The number of aromatic nitrogens is 2. The summed E-state index contributed by atoms with van der Waals surface area (Å²) in [5.41, 5.74) is 0.122. The molecular weight excluding hydrogens is 246 g/mol. The van der Waals surface area contributed by atoms with E-state index in [4.69, 9.17) is 0 Å². The maximum absolute atomic E-state index is 12.1. The molecule has 0 atom stereocenters. The molecule has 2 aromatic heterocycles. The molecule has 0 radical (unpaired) electrons. The molecule has 0 spiro atoms. The SMILES string of the molecule is O=c1c2cccnc2sn1CCC1CCNCC1. The van der Waals surface area contributed by atoms with Crippen molar-refractivity contribution in [3.63, 3.8) is 0 Å². The predicted octanol–water partition coefficient (Wildman–Crippen LogP) is 1.85. The van der Waals surface area contributed by atoms with Crippen molar-refractivity contribution in [3.8, 4) is 0 Å². The first kappa shape index (κ1) is 11.9. The van der Waals surface area contributed by atoms with Crippen LogP contribution in [0.2, 0.25) is 0 Å². The Bertz CT molecular complexity index is 583. The van der Waals surface area contributed by atoms with Gasteiger partial charge in [-0.1, -0.05) is 0 Å². The monoisotopic (exact) mass is 263 g/mol. The molecule has 2 aromatic rings. The minimum Gasteiger partial charge on any atom is -0.317 e. The van der Waals surface area contributed by atoms with Crippen LogP contribution in [0, 0.1) is 5.92 Å². The van der Waals surface area contributed by atoms with E-state index in [9.17, 15) is 4.79 Å². The third kappa shape index (κ3) is 2.33. The van der Waals surface area contributed by atoms with Crippen molar-refractivity contribution >= 4 is 21.7 Å². The summed E-state index contributed by atoms with van der Waals surface area (Å²) < 4.78 is 1.86. The van der Waals surface area contributed by atoms with Crippen LogP contribution >= 0.6 is 11.5 Å². The van der Waals surface area contributed by atoms with E-state index in [0.717, 1.165) is 42.2 Å². The van der Waals surface area contributed by atoms with Crippen molar-refractivity contribution in [2.75, 3.05) is 13.1 Å². The number of rotatable bonds is 3. The summed E-state index contributed by atoms with van der Waals surface area (Å²) in [7, 11) is 0. The van der Waals surface area contributed by atoms with Gasteiger partial charge in [0.05, 0.1) is 5.39 Å². The number of fused-ring (bicyclic) bond motifs is 1. The molecule has 96 valence electrons. The Hall–Kier alpha value is -1.20. The van der Waals surface area contributed by atoms with E-state index in [0.29, 0.717) is 0 Å². The second kappa shape index (κ2) is 5.20. The summed E-state index contributed by atoms with van der Waals surface area (Å²) >= 11 is 1.49.